The van der Waals surface area contributed by atoms with Crippen molar-refractivity contribution in [3.63, 3.8) is 0 Å². The summed E-state index contributed by atoms with van der Waals surface area (Å²) in [5, 5.41) is 4.87. The highest BCUT2D eigenvalue weighted by atomic mass is 35.5. The Bertz CT molecular complexity index is 824. The van der Waals surface area contributed by atoms with Gasteiger partial charge in [0.05, 0.1) is 18.4 Å². The zero-order valence-electron chi connectivity index (χ0n) is 15.4. The van der Waals surface area contributed by atoms with Gasteiger partial charge in [-0.05, 0) is 43.5 Å². The van der Waals surface area contributed by atoms with Crippen LogP contribution in [-0.2, 0) is 16.1 Å². The lowest BCUT2D eigenvalue weighted by Crippen LogP contribution is -2.51. The molecule has 144 valence electrons. The number of rotatable bonds is 4. The SMILES string of the molecule is Cc1cnn(CC(=O)N2CCC[C@@]3(C[C@@H](Oc4cccc(Cl)c4)CO3)C2)c1. The normalized spacial score (nSPS) is 25.1. The molecule has 27 heavy (non-hydrogen) atoms. The third-order valence-electron chi connectivity index (χ3n) is 5.23. The smallest absolute Gasteiger partial charge is 0.244 e. The number of likely N-dealkylation sites (tertiary alicyclic amines) is 1. The Morgan fingerprint density at radius 2 is 2.37 bits per heavy atom. The minimum atomic E-state index is -0.308. The first-order chi connectivity index (χ1) is 13.0. The standard InChI is InChI=1S/C20H24ClN3O3/c1-15-10-22-24(11-15)12-19(25)23-7-3-6-20(14-23)9-18(13-26-20)27-17-5-2-4-16(21)8-17/h2,4-5,8,10-11,18H,3,6-7,9,12-14H2,1H3/t18-,20-/m1/s1. The molecule has 0 bridgehead atoms. The van der Waals surface area contributed by atoms with E-state index < -0.39 is 0 Å². The molecule has 2 saturated heterocycles. The molecule has 1 amide bonds. The number of halogens is 1. The van der Waals surface area contributed by atoms with Crippen molar-refractivity contribution in [1.29, 1.82) is 0 Å². The van der Waals surface area contributed by atoms with Crippen molar-refractivity contribution in [2.24, 2.45) is 0 Å². The zero-order valence-corrected chi connectivity index (χ0v) is 16.2. The molecule has 4 rings (SSSR count). The van der Waals surface area contributed by atoms with E-state index in [1.165, 1.54) is 0 Å². The van der Waals surface area contributed by atoms with Crippen molar-refractivity contribution in [2.45, 2.75) is 44.4 Å². The van der Waals surface area contributed by atoms with Gasteiger partial charge in [-0.2, -0.15) is 5.10 Å². The van der Waals surface area contributed by atoms with Crippen LogP contribution in [-0.4, -0.2) is 52.0 Å². The van der Waals surface area contributed by atoms with Crippen LogP contribution in [0.15, 0.2) is 36.7 Å². The van der Waals surface area contributed by atoms with E-state index in [0.717, 1.165) is 37.1 Å². The molecule has 2 aliphatic heterocycles. The number of hydrogen-bond donors (Lipinski definition) is 0. The van der Waals surface area contributed by atoms with Crippen LogP contribution in [0, 0.1) is 6.92 Å². The fourth-order valence-electron chi connectivity index (χ4n) is 4.00. The third-order valence-corrected chi connectivity index (χ3v) is 5.46. The summed E-state index contributed by atoms with van der Waals surface area (Å²) in [6.07, 6.45) is 6.30. The summed E-state index contributed by atoms with van der Waals surface area (Å²) in [6.45, 7) is 4.15. The molecule has 6 nitrogen and oxygen atoms in total. The van der Waals surface area contributed by atoms with E-state index in [4.69, 9.17) is 21.1 Å². The molecule has 0 radical (unpaired) electrons. The van der Waals surface area contributed by atoms with Gasteiger partial charge in [-0.3, -0.25) is 9.48 Å². The highest BCUT2D eigenvalue weighted by molar-refractivity contribution is 6.30. The highest BCUT2D eigenvalue weighted by Gasteiger charge is 2.45. The summed E-state index contributed by atoms with van der Waals surface area (Å²) in [5.41, 5.74) is 0.745. The first-order valence-electron chi connectivity index (χ1n) is 9.34. The fourth-order valence-corrected chi connectivity index (χ4v) is 4.18. The monoisotopic (exact) mass is 389 g/mol. The van der Waals surface area contributed by atoms with Crippen molar-refractivity contribution in [1.82, 2.24) is 14.7 Å². The maximum Gasteiger partial charge on any atom is 0.244 e. The van der Waals surface area contributed by atoms with Gasteiger partial charge in [0.25, 0.3) is 0 Å². The Morgan fingerprint density at radius 1 is 1.48 bits per heavy atom. The van der Waals surface area contributed by atoms with E-state index in [1.54, 1.807) is 10.9 Å². The summed E-state index contributed by atoms with van der Waals surface area (Å²) in [5.74, 6) is 0.839. The second-order valence-corrected chi connectivity index (χ2v) is 7.97. The van der Waals surface area contributed by atoms with Gasteiger partial charge >= 0.3 is 0 Å². The average Bonchev–Trinajstić information content (AvgIpc) is 3.21. The number of carbonyl (C=O) groups excluding carboxylic acids is 1. The van der Waals surface area contributed by atoms with E-state index in [-0.39, 0.29) is 24.2 Å². The van der Waals surface area contributed by atoms with Gasteiger partial charge in [0.1, 0.15) is 18.4 Å². The van der Waals surface area contributed by atoms with Crippen molar-refractivity contribution in [2.75, 3.05) is 19.7 Å². The predicted molar refractivity (Wildman–Crippen MR) is 102 cm³/mol. The lowest BCUT2D eigenvalue weighted by Gasteiger charge is -2.39. The van der Waals surface area contributed by atoms with Gasteiger partial charge < -0.3 is 14.4 Å². The molecule has 1 aromatic carbocycles. The molecule has 0 unspecified atom stereocenters. The van der Waals surface area contributed by atoms with Crippen molar-refractivity contribution in [3.05, 3.63) is 47.2 Å². The Morgan fingerprint density at radius 3 is 3.15 bits per heavy atom. The summed E-state index contributed by atoms with van der Waals surface area (Å²) in [7, 11) is 0. The quantitative estimate of drug-likeness (QED) is 0.806. The van der Waals surface area contributed by atoms with Crippen molar-refractivity contribution in [3.8, 4) is 5.75 Å². The van der Waals surface area contributed by atoms with E-state index in [0.29, 0.717) is 18.2 Å². The van der Waals surface area contributed by atoms with Crippen LogP contribution in [0.2, 0.25) is 5.02 Å². The van der Waals surface area contributed by atoms with E-state index >= 15 is 0 Å². The van der Waals surface area contributed by atoms with Crippen molar-refractivity contribution >= 4 is 17.5 Å². The largest absolute Gasteiger partial charge is 0.488 e. The van der Waals surface area contributed by atoms with Gasteiger partial charge in [0, 0.05) is 30.7 Å². The topological polar surface area (TPSA) is 56.6 Å². The Kier molecular flexibility index (Phi) is 5.10. The summed E-state index contributed by atoms with van der Waals surface area (Å²) >= 11 is 6.03. The van der Waals surface area contributed by atoms with Gasteiger partial charge in [0.15, 0.2) is 0 Å². The summed E-state index contributed by atoms with van der Waals surface area (Å²) in [6, 6.07) is 7.42. The molecule has 0 aliphatic carbocycles. The lowest BCUT2D eigenvalue weighted by atomic mass is 9.89. The number of piperidine rings is 1. The first kappa shape index (κ1) is 18.3. The molecule has 3 heterocycles. The number of benzene rings is 1. The van der Waals surface area contributed by atoms with E-state index in [9.17, 15) is 4.79 Å². The number of aryl methyl sites for hydroxylation is 1. The number of aromatic nitrogens is 2. The third kappa shape index (κ3) is 4.28. The van der Waals surface area contributed by atoms with Crippen LogP contribution < -0.4 is 4.74 Å². The molecule has 2 aliphatic rings. The second kappa shape index (κ2) is 7.52. The van der Waals surface area contributed by atoms with Crippen LogP contribution in [0.1, 0.15) is 24.8 Å². The predicted octanol–water partition coefficient (Wildman–Crippen LogP) is 3.07. The number of ether oxygens (including phenoxy) is 2. The Hall–Kier alpha value is -2.05. The van der Waals surface area contributed by atoms with Crippen LogP contribution in [0.25, 0.3) is 0 Å². The highest BCUT2D eigenvalue weighted by Crippen LogP contribution is 2.36. The Balaban J connectivity index is 1.36. The number of nitrogens with zero attached hydrogens (tertiary/aromatic N) is 3. The number of amides is 1. The number of carbonyl (C=O) groups is 1. The molecule has 2 fully saturated rings. The van der Waals surface area contributed by atoms with Gasteiger partial charge in [0.2, 0.25) is 5.91 Å². The first-order valence-corrected chi connectivity index (χ1v) is 9.72. The average molecular weight is 390 g/mol. The zero-order chi connectivity index (χ0) is 18.9. The fraction of sp³-hybridized carbons (Fsp3) is 0.500. The van der Waals surface area contributed by atoms with Gasteiger partial charge in [-0.25, -0.2) is 0 Å². The molecule has 2 atom stereocenters. The number of hydrogen-bond acceptors (Lipinski definition) is 4. The molecule has 7 heteroatoms. The molecular weight excluding hydrogens is 366 g/mol. The van der Waals surface area contributed by atoms with Crippen LogP contribution in [0.4, 0.5) is 0 Å². The van der Waals surface area contributed by atoms with Crippen LogP contribution in [0.5, 0.6) is 5.75 Å². The Labute approximate surface area is 164 Å². The summed E-state index contributed by atoms with van der Waals surface area (Å²) < 4.78 is 13.9. The second-order valence-electron chi connectivity index (χ2n) is 7.53. The maximum absolute atomic E-state index is 12.7. The van der Waals surface area contributed by atoms with Crippen LogP contribution in [0.3, 0.4) is 0 Å². The maximum atomic E-state index is 12.7. The lowest BCUT2D eigenvalue weighted by molar-refractivity contribution is -0.140. The van der Waals surface area contributed by atoms with Gasteiger partial charge in [-0.1, -0.05) is 17.7 Å². The summed E-state index contributed by atoms with van der Waals surface area (Å²) in [4.78, 5) is 14.6. The molecule has 1 spiro atoms. The minimum absolute atomic E-state index is 0.0210. The molecular formula is C20H24ClN3O3. The molecule has 0 N–H and O–H groups in total. The van der Waals surface area contributed by atoms with Crippen LogP contribution >= 0.6 is 11.6 Å². The van der Waals surface area contributed by atoms with Crippen molar-refractivity contribution < 1.29 is 14.3 Å². The van der Waals surface area contributed by atoms with Gasteiger partial charge in [-0.15, -0.1) is 0 Å². The van der Waals surface area contributed by atoms with E-state index in [1.807, 2.05) is 42.3 Å². The molecule has 1 aromatic heterocycles. The minimum Gasteiger partial charge on any atom is -0.488 e. The molecule has 2 aromatic rings. The van der Waals surface area contributed by atoms with E-state index in [2.05, 4.69) is 5.10 Å². The molecule has 0 saturated carbocycles.